The normalized spacial score (nSPS) is 20.4. The summed E-state index contributed by atoms with van der Waals surface area (Å²) >= 11 is 0. The van der Waals surface area contributed by atoms with E-state index in [1.54, 1.807) is 0 Å². The molecule has 80 valence electrons. The molecule has 1 aromatic carbocycles. The highest BCUT2D eigenvalue weighted by Crippen LogP contribution is 2.20. The van der Waals surface area contributed by atoms with Crippen molar-refractivity contribution in [3.05, 3.63) is 35.4 Å². The quantitative estimate of drug-likeness (QED) is 0.791. The summed E-state index contributed by atoms with van der Waals surface area (Å²) in [5.41, 5.74) is 0.0135. The van der Waals surface area contributed by atoms with Crippen molar-refractivity contribution in [2.75, 3.05) is 6.54 Å². The molecule has 2 nitrogen and oxygen atoms in total. The van der Waals surface area contributed by atoms with Crippen LogP contribution in [0.5, 0.6) is 0 Å². The Morgan fingerprint density at radius 2 is 2.00 bits per heavy atom. The van der Waals surface area contributed by atoms with Gasteiger partial charge in [-0.25, -0.2) is 8.78 Å². The lowest BCUT2D eigenvalue weighted by Gasteiger charge is -2.08. The van der Waals surface area contributed by atoms with Gasteiger partial charge in [0.25, 0.3) is 0 Å². The van der Waals surface area contributed by atoms with Gasteiger partial charge < -0.3 is 5.32 Å². The Hall–Kier alpha value is -1.45. The van der Waals surface area contributed by atoms with E-state index in [2.05, 4.69) is 5.32 Å². The van der Waals surface area contributed by atoms with Gasteiger partial charge in [-0.05, 0) is 25.0 Å². The molecule has 1 unspecified atom stereocenters. The summed E-state index contributed by atoms with van der Waals surface area (Å²) in [5, 5.41) is 2.64. The van der Waals surface area contributed by atoms with Crippen LogP contribution in [-0.2, 0) is 11.2 Å². The van der Waals surface area contributed by atoms with Crippen molar-refractivity contribution < 1.29 is 13.6 Å². The molecule has 0 aromatic heterocycles. The first-order chi connectivity index (χ1) is 7.18. The fourth-order valence-corrected chi connectivity index (χ4v) is 1.81. The van der Waals surface area contributed by atoms with E-state index in [0.717, 1.165) is 0 Å². The van der Waals surface area contributed by atoms with Crippen LogP contribution >= 0.6 is 0 Å². The van der Waals surface area contributed by atoms with Crippen molar-refractivity contribution in [3.8, 4) is 0 Å². The van der Waals surface area contributed by atoms with E-state index >= 15 is 0 Å². The molecule has 0 spiro atoms. The van der Waals surface area contributed by atoms with Crippen molar-refractivity contribution in [3.63, 3.8) is 0 Å². The molecule has 1 atom stereocenters. The maximum atomic E-state index is 13.3. The van der Waals surface area contributed by atoms with Crippen LogP contribution in [0.4, 0.5) is 8.78 Å². The number of rotatable bonds is 2. The van der Waals surface area contributed by atoms with Gasteiger partial charge in [0, 0.05) is 18.0 Å². The van der Waals surface area contributed by atoms with Crippen molar-refractivity contribution in [1.29, 1.82) is 0 Å². The SMILES string of the molecule is O=C1NCCC1Cc1c(F)cccc1F. The minimum absolute atomic E-state index is 0.0135. The van der Waals surface area contributed by atoms with Crippen molar-refractivity contribution in [2.45, 2.75) is 12.8 Å². The monoisotopic (exact) mass is 211 g/mol. The molecule has 1 aliphatic rings. The number of hydrogen-bond acceptors (Lipinski definition) is 1. The maximum Gasteiger partial charge on any atom is 0.223 e. The number of carbonyl (C=O) groups excluding carboxylic acids is 1. The molecule has 0 radical (unpaired) electrons. The molecule has 1 amide bonds. The van der Waals surface area contributed by atoms with Gasteiger partial charge in [0.1, 0.15) is 11.6 Å². The third kappa shape index (κ3) is 1.98. The largest absolute Gasteiger partial charge is 0.356 e. The Morgan fingerprint density at radius 1 is 1.33 bits per heavy atom. The van der Waals surface area contributed by atoms with E-state index in [-0.39, 0.29) is 23.8 Å². The zero-order valence-corrected chi connectivity index (χ0v) is 8.09. The Kier molecular flexibility index (Phi) is 2.66. The highest BCUT2D eigenvalue weighted by molar-refractivity contribution is 5.80. The first-order valence-corrected chi connectivity index (χ1v) is 4.89. The number of halogens is 2. The third-order valence-electron chi connectivity index (χ3n) is 2.68. The molecule has 1 aromatic rings. The summed E-state index contributed by atoms with van der Waals surface area (Å²) in [6.07, 6.45) is 0.789. The maximum absolute atomic E-state index is 13.3. The average Bonchev–Trinajstić information content (AvgIpc) is 2.58. The summed E-state index contributed by atoms with van der Waals surface area (Å²) in [6.45, 7) is 0.597. The second-order valence-corrected chi connectivity index (χ2v) is 3.68. The molecule has 0 bridgehead atoms. The van der Waals surface area contributed by atoms with Crippen LogP contribution in [0.25, 0.3) is 0 Å². The van der Waals surface area contributed by atoms with Gasteiger partial charge in [-0.2, -0.15) is 0 Å². The molecule has 15 heavy (non-hydrogen) atoms. The number of nitrogens with one attached hydrogen (secondary N) is 1. The summed E-state index contributed by atoms with van der Waals surface area (Å²) in [6, 6.07) is 3.75. The van der Waals surface area contributed by atoms with Crippen molar-refractivity contribution in [1.82, 2.24) is 5.32 Å². The minimum atomic E-state index is -0.574. The fraction of sp³-hybridized carbons (Fsp3) is 0.364. The highest BCUT2D eigenvalue weighted by atomic mass is 19.1. The van der Waals surface area contributed by atoms with Crippen LogP contribution in [0.15, 0.2) is 18.2 Å². The first-order valence-electron chi connectivity index (χ1n) is 4.89. The first kappa shape index (κ1) is 10.1. The summed E-state index contributed by atoms with van der Waals surface area (Å²) in [5.74, 6) is -1.56. The van der Waals surface area contributed by atoms with Crippen LogP contribution in [0.1, 0.15) is 12.0 Å². The van der Waals surface area contributed by atoms with Crippen LogP contribution in [-0.4, -0.2) is 12.5 Å². The molecule has 0 saturated carbocycles. The number of carbonyl (C=O) groups is 1. The van der Waals surface area contributed by atoms with Crippen LogP contribution in [0.2, 0.25) is 0 Å². The molecule has 1 fully saturated rings. The predicted molar refractivity (Wildman–Crippen MR) is 51.2 cm³/mol. The topological polar surface area (TPSA) is 29.1 Å². The lowest BCUT2D eigenvalue weighted by atomic mass is 9.97. The second-order valence-electron chi connectivity index (χ2n) is 3.68. The van der Waals surface area contributed by atoms with Crippen LogP contribution < -0.4 is 5.32 Å². The molecule has 0 aliphatic carbocycles. The molecule has 1 aliphatic heterocycles. The molecule has 1 N–H and O–H groups in total. The Balaban J connectivity index is 2.20. The van der Waals surface area contributed by atoms with E-state index in [4.69, 9.17) is 0 Å². The molecule has 1 saturated heterocycles. The highest BCUT2D eigenvalue weighted by Gasteiger charge is 2.26. The van der Waals surface area contributed by atoms with Gasteiger partial charge >= 0.3 is 0 Å². The van der Waals surface area contributed by atoms with E-state index in [1.807, 2.05) is 0 Å². The van der Waals surface area contributed by atoms with E-state index in [1.165, 1.54) is 18.2 Å². The Morgan fingerprint density at radius 3 is 2.53 bits per heavy atom. The van der Waals surface area contributed by atoms with Gasteiger partial charge in [-0.1, -0.05) is 6.07 Å². The Labute approximate surface area is 86.3 Å². The van der Waals surface area contributed by atoms with Crippen molar-refractivity contribution in [2.24, 2.45) is 5.92 Å². The summed E-state index contributed by atoms with van der Waals surface area (Å²) in [4.78, 5) is 11.2. The second kappa shape index (κ2) is 3.96. The number of hydrogen-bond donors (Lipinski definition) is 1. The van der Waals surface area contributed by atoms with E-state index in [0.29, 0.717) is 13.0 Å². The fourth-order valence-electron chi connectivity index (χ4n) is 1.81. The van der Waals surface area contributed by atoms with E-state index < -0.39 is 11.6 Å². The summed E-state index contributed by atoms with van der Waals surface area (Å²) < 4.78 is 26.5. The smallest absolute Gasteiger partial charge is 0.223 e. The molecular weight excluding hydrogens is 200 g/mol. The Bertz CT molecular complexity index is 372. The molecule has 2 rings (SSSR count). The lowest BCUT2D eigenvalue weighted by molar-refractivity contribution is -0.122. The third-order valence-corrected chi connectivity index (χ3v) is 2.68. The lowest BCUT2D eigenvalue weighted by Crippen LogP contribution is -2.21. The summed E-state index contributed by atoms with van der Waals surface area (Å²) in [7, 11) is 0. The van der Waals surface area contributed by atoms with Gasteiger partial charge in [-0.3, -0.25) is 4.79 Å². The van der Waals surface area contributed by atoms with Crippen molar-refractivity contribution >= 4 is 5.91 Å². The van der Waals surface area contributed by atoms with Gasteiger partial charge in [0.15, 0.2) is 0 Å². The van der Waals surface area contributed by atoms with Crippen LogP contribution in [0.3, 0.4) is 0 Å². The zero-order chi connectivity index (χ0) is 10.8. The standard InChI is InChI=1S/C11H11F2NO/c12-9-2-1-3-10(13)8(9)6-7-4-5-14-11(7)15/h1-3,7H,4-6H2,(H,14,15). The number of benzene rings is 1. The zero-order valence-electron chi connectivity index (χ0n) is 8.09. The average molecular weight is 211 g/mol. The van der Waals surface area contributed by atoms with Gasteiger partial charge in [-0.15, -0.1) is 0 Å². The van der Waals surface area contributed by atoms with Gasteiger partial charge in [0.05, 0.1) is 0 Å². The molecule has 4 heteroatoms. The molecule has 1 heterocycles. The van der Waals surface area contributed by atoms with Gasteiger partial charge in [0.2, 0.25) is 5.91 Å². The van der Waals surface area contributed by atoms with Crippen LogP contribution in [0, 0.1) is 17.6 Å². The predicted octanol–water partition coefficient (Wildman–Crippen LogP) is 1.64. The minimum Gasteiger partial charge on any atom is -0.356 e. The molecular formula is C11H11F2NO. The number of amides is 1. The van der Waals surface area contributed by atoms with E-state index in [9.17, 15) is 13.6 Å².